The van der Waals surface area contributed by atoms with Crippen LogP contribution in [0.4, 0.5) is 0 Å². The van der Waals surface area contributed by atoms with Gasteiger partial charge in [-0.2, -0.15) is 0 Å². The molecule has 2 bridgehead atoms. The Labute approximate surface area is 133 Å². The number of aryl methyl sites for hydroxylation is 1. The van der Waals surface area contributed by atoms with Gasteiger partial charge in [0, 0.05) is 18.0 Å². The summed E-state index contributed by atoms with van der Waals surface area (Å²) in [5.41, 5.74) is 2.48. The second-order valence-electron chi connectivity index (χ2n) is 7.10. The number of ketones is 1. The second-order valence-corrected chi connectivity index (χ2v) is 7.10. The lowest BCUT2D eigenvalue weighted by atomic mass is 9.78. The minimum absolute atomic E-state index is 0.154. The van der Waals surface area contributed by atoms with Gasteiger partial charge in [-0.1, -0.05) is 29.8 Å². The van der Waals surface area contributed by atoms with Crippen LogP contribution in [0.2, 0.25) is 0 Å². The lowest BCUT2D eigenvalue weighted by Crippen LogP contribution is -2.50. The first-order valence-corrected chi connectivity index (χ1v) is 8.42. The molecule has 0 spiro atoms. The van der Waals surface area contributed by atoms with Gasteiger partial charge in [0.2, 0.25) is 0 Å². The molecule has 2 saturated heterocycles. The maximum absolute atomic E-state index is 12.1. The molecule has 2 heterocycles. The molecule has 1 aromatic carbocycles. The fraction of sp³-hybridized carbons (Fsp3) is 0.632. The highest BCUT2D eigenvalue weighted by Gasteiger charge is 2.47. The number of Topliss-reactive ketones (excluding diaryl/α,β-unsaturated/α-hetero) is 1. The molecule has 4 atom stereocenters. The van der Waals surface area contributed by atoms with Crippen molar-refractivity contribution in [3.05, 3.63) is 35.4 Å². The minimum atomic E-state index is 0.154. The van der Waals surface area contributed by atoms with Crippen LogP contribution in [-0.4, -0.2) is 36.4 Å². The Hall–Kier alpha value is -1.19. The highest BCUT2D eigenvalue weighted by Crippen LogP contribution is 2.42. The van der Waals surface area contributed by atoms with Crippen molar-refractivity contribution >= 4 is 5.78 Å². The molecule has 1 aromatic rings. The van der Waals surface area contributed by atoms with Crippen LogP contribution in [0.5, 0.6) is 0 Å². The Morgan fingerprint density at radius 2 is 2.00 bits per heavy atom. The van der Waals surface area contributed by atoms with Gasteiger partial charge in [-0.15, -0.1) is 0 Å². The Morgan fingerprint density at radius 3 is 2.68 bits per heavy atom. The van der Waals surface area contributed by atoms with Crippen molar-refractivity contribution in [2.75, 3.05) is 13.7 Å². The van der Waals surface area contributed by atoms with Crippen LogP contribution < -0.4 is 0 Å². The summed E-state index contributed by atoms with van der Waals surface area (Å²) in [4.78, 5) is 14.6. The maximum atomic E-state index is 12.1. The van der Waals surface area contributed by atoms with Crippen molar-refractivity contribution in [1.29, 1.82) is 0 Å². The summed E-state index contributed by atoms with van der Waals surface area (Å²) < 4.78 is 5.97. The van der Waals surface area contributed by atoms with Crippen LogP contribution in [-0.2, 0) is 16.1 Å². The number of piperidine rings is 1. The molecule has 4 unspecified atom stereocenters. The minimum Gasteiger partial charge on any atom is -0.376 e. The molecule has 22 heavy (non-hydrogen) atoms. The van der Waals surface area contributed by atoms with Crippen molar-refractivity contribution < 1.29 is 9.53 Å². The van der Waals surface area contributed by atoms with E-state index in [0.717, 1.165) is 6.42 Å². The van der Waals surface area contributed by atoms with E-state index in [1.807, 2.05) is 0 Å². The van der Waals surface area contributed by atoms with E-state index in [9.17, 15) is 4.79 Å². The molecule has 3 nitrogen and oxygen atoms in total. The van der Waals surface area contributed by atoms with Crippen LogP contribution in [0, 0.1) is 18.8 Å². The van der Waals surface area contributed by atoms with Crippen molar-refractivity contribution in [3.63, 3.8) is 0 Å². The third-order valence-electron chi connectivity index (χ3n) is 5.58. The number of fused-ring (bicyclic) bond motifs is 2. The molecule has 2 aliphatic heterocycles. The molecule has 2 fully saturated rings. The van der Waals surface area contributed by atoms with E-state index >= 15 is 0 Å². The molecule has 0 radical (unpaired) electrons. The highest BCUT2D eigenvalue weighted by atomic mass is 16.5. The second kappa shape index (κ2) is 6.51. The van der Waals surface area contributed by atoms with Gasteiger partial charge in [-0.05, 0) is 51.6 Å². The fourth-order valence-corrected chi connectivity index (χ4v) is 4.36. The quantitative estimate of drug-likeness (QED) is 0.836. The van der Waals surface area contributed by atoms with Gasteiger partial charge >= 0.3 is 0 Å². The van der Waals surface area contributed by atoms with Gasteiger partial charge < -0.3 is 4.74 Å². The molecular weight excluding hydrogens is 274 g/mol. The smallest absolute Gasteiger partial charge is 0.134 e. The number of benzene rings is 1. The number of nitrogens with zero attached hydrogens (tertiary/aromatic N) is 1. The van der Waals surface area contributed by atoms with Gasteiger partial charge in [-0.25, -0.2) is 0 Å². The van der Waals surface area contributed by atoms with E-state index in [0.29, 0.717) is 37.0 Å². The van der Waals surface area contributed by atoms with Crippen molar-refractivity contribution in [3.8, 4) is 0 Å². The predicted molar refractivity (Wildman–Crippen MR) is 87.7 cm³/mol. The molecule has 3 heteroatoms. The molecule has 0 aliphatic carbocycles. The largest absolute Gasteiger partial charge is 0.376 e. The first-order chi connectivity index (χ1) is 10.6. The summed E-state index contributed by atoms with van der Waals surface area (Å²) >= 11 is 0. The van der Waals surface area contributed by atoms with E-state index < -0.39 is 0 Å². The lowest BCUT2D eigenvalue weighted by Gasteiger charge is -2.41. The Morgan fingerprint density at radius 1 is 1.27 bits per heavy atom. The van der Waals surface area contributed by atoms with Gasteiger partial charge in [0.1, 0.15) is 5.78 Å². The lowest BCUT2D eigenvalue weighted by molar-refractivity contribution is -0.128. The summed E-state index contributed by atoms with van der Waals surface area (Å²) in [6.45, 7) is 5.20. The Balaban J connectivity index is 1.59. The van der Waals surface area contributed by atoms with Gasteiger partial charge in [-0.3, -0.25) is 9.69 Å². The third kappa shape index (κ3) is 3.11. The number of hydrogen-bond acceptors (Lipinski definition) is 3. The number of rotatable bonds is 5. The zero-order chi connectivity index (χ0) is 15.7. The van der Waals surface area contributed by atoms with E-state index in [2.05, 4.69) is 43.1 Å². The van der Waals surface area contributed by atoms with Crippen LogP contribution in [0.1, 0.15) is 37.3 Å². The van der Waals surface area contributed by atoms with Crippen LogP contribution in [0.25, 0.3) is 0 Å². The van der Waals surface area contributed by atoms with E-state index in [-0.39, 0.29) is 5.92 Å². The number of carbonyl (C=O) groups is 1. The Bertz CT molecular complexity index is 525. The first kappa shape index (κ1) is 15.7. The predicted octanol–water partition coefficient (Wildman–Crippen LogP) is 3.20. The normalized spacial score (nSPS) is 31.4. The van der Waals surface area contributed by atoms with Gasteiger partial charge in [0.25, 0.3) is 0 Å². The zero-order valence-electron chi connectivity index (χ0n) is 13.9. The molecule has 0 saturated carbocycles. The molecule has 0 amide bonds. The molecule has 0 aromatic heterocycles. The molecule has 120 valence electrons. The highest BCUT2D eigenvalue weighted by molar-refractivity contribution is 5.79. The monoisotopic (exact) mass is 301 g/mol. The third-order valence-corrected chi connectivity index (χ3v) is 5.58. The molecule has 3 rings (SSSR count). The maximum Gasteiger partial charge on any atom is 0.134 e. The zero-order valence-corrected chi connectivity index (χ0v) is 13.9. The molecule has 2 aliphatic rings. The number of hydrogen-bond donors (Lipinski definition) is 0. The topological polar surface area (TPSA) is 29.5 Å². The molecule has 0 N–H and O–H groups in total. The first-order valence-electron chi connectivity index (χ1n) is 8.42. The standard InChI is InChI=1S/C19H27NO2/c1-13-4-6-15(7-5-13)11-22-12-16-10-17-8-9-18(20(17)3)19(16)14(2)21/h4-7,16-19H,8-12H2,1-3H3. The van der Waals surface area contributed by atoms with Crippen LogP contribution in [0.15, 0.2) is 24.3 Å². The SMILES string of the molecule is CC(=O)C1C(COCc2ccc(C)cc2)CC2CCC1N2C. The summed E-state index contributed by atoms with van der Waals surface area (Å²) in [7, 11) is 2.18. The number of ether oxygens (including phenoxy) is 1. The summed E-state index contributed by atoms with van der Waals surface area (Å²) in [6.07, 6.45) is 3.50. The van der Waals surface area contributed by atoms with E-state index in [4.69, 9.17) is 4.74 Å². The summed E-state index contributed by atoms with van der Waals surface area (Å²) in [5, 5.41) is 0. The van der Waals surface area contributed by atoms with Crippen molar-refractivity contribution in [1.82, 2.24) is 4.90 Å². The number of carbonyl (C=O) groups excluding carboxylic acids is 1. The molecular formula is C19H27NO2. The average Bonchev–Trinajstić information content (AvgIpc) is 2.73. The summed E-state index contributed by atoms with van der Waals surface area (Å²) in [5.74, 6) is 0.875. The van der Waals surface area contributed by atoms with Crippen LogP contribution >= 0.6 is 0 Å². The average molecular weight is 301 g/mol. The van der Waals surface area contributed by atoms with E-state index in [1.54, 1.807) is 6.92 Å². The fourth-order valence-electron chi connectivity index (χ4n) is 4.36. The van der Waals surface area contributed by atoms with E-state index in [1.165, 1.54) is 24.0 Å². The van der Waals surface area contributed by atoms with Crippen molar-refractivity contribution in [2.24, 2.45) is 11.8 Å². The summed E-state index contributed by atoms with van der Waals surface area (Å²) in [6, 6.07) is 9.56. The van der Waals surface area contributed by atoms with Gasteiger partial charge in [0.15, 0.2) is 0 Å². The van der Waals surface area contributed by atoms with Gasteiger partial charge in [0.05, 0.1) is 13.2 Å². The Kier molecular flexibility index (Phi) is 4.65. The van der Waals surface area contributed by atoms with Crippen molar-refractivity contribution in [2.45, 2.75) is 51.8 Å². The van der Waals surface area contributed by atoms with Crippen LogP contribution in [0.3, 0.4) is 0 Å².